The summed E-state index contributed by atoms with van der Waals surface area (Å²) in [5.41, 5.74) is 0.343. The minimum atomic E-state index is 0.0313. The normalized spacial score (nSPS) is 47.7. The van der Waals surface area contributed by atoms with E-state index in [9.17, 15) is 4.79 Å². The maximum Gasteiger partial charge on any atom is 0.309 e. The van der Waals surface area contributed by atoms with Crippen LogP contribution in [0.4, 0.5) is 0 Å². The highest BCUT2D eigenvalue weighted by Gasteiger charge is 2.57. The smallest absolute Gasteiger partial charge is 0.309 e. The number of cyclic esters (lactones) is 1. The number of rotatable bonds is 0. The third kappa shape index (κ3) is 0.590. The SMILES string of the molecule is C[C@@]12CCOC(=O)[C@@H]1C2. The van der Waals surface area contributed by atoms with Gasteiger partial charge in [-0.15, -0.1) is 0 Å². The van der Waals surface area contributed by atoms with E-state index >= 15 is 0 Å². The van der Waals surface area contributed by atoms with Crippen molar-refractivity contribution in [1.82, 2.24) is 0 Å². The van der Waals surface area contributed by atoms with Crippen LogP contribution in [0.3, 0.4) is 0 Å². The van der Waals surface area contributed by atoms with E-state index in [1.807, 2.05) is 0 Å². The highest BCUT2D eigenvalue weighted by atomic mass is 16.5. The maximum absolute atomic E-state index is 10.8. The van der Waals surface area contributed by atoms with Crippen LogP contribution < -0.4 is 0 Å². The Bertz CT molecular complexity index is 164. The molecular formula is C7H10O2. The lowest BCUT2D eigenvalue weighted by Gasteiger charge is -2.15. The Balaban J connectivity index is 2.16. The lowest BCUT2D eigenvalue weighted by molar-refractivity contribution is -0.149. The largest absolute Gasteiger partial charge is 0.465 e. The molecular weight excluding hydrogens is 116 g/mol. The summed E-state index contributed by atoms with van der Waals surface area (Å²) >= 11 is 0. The second-order valence-corrected chi connectivity index (χ2v) is 3.33. The van der Waals surface area contributed by atoms with E-state index in [0.717, 1.165) is 12.8 Å². The van der Waals surface area contributed by atoms with Crippen LogP contribution in [-0.2, 0) is 9.53 Å². The molecule has 1 saturated carbocycles. The number of hydrogen-bond acceptors (Lipinski definition) is 2. The number of carbonyl (C=O) groups excluding carboxylic acids is 1. The van der Waals surface area contributed by atoms with Gasteiger partial charge >= 0.3 is 5.97 Å². The fraction of sp³-hybridized carbons (Fsp3) is 0.857. The minimum absolute atomic E-state index is 0.0313. The molecule has 2 rings (SSSR count). The molecule has 2 aliphatic rings. The third-order valence-electron chi connectivity index (χ3n) is 2.55. The monoisotopic (exact) mass is 126 g/mol. The average molecular weight is 126 g/mol. The molecule has 2 atom stereocenters. The summed E-state index contributed by atoms with van der Waals surface area (Å²) in [4.78, 5) is 10.8. The second-order valence-electron chi connectivity index (χ2n) is 3.33. The molecule has 2 heteroatoms. The summed E-state index contributed by atoms with van der Waals surface area (Å²) in [7, 11) is 0. The molecule has 0 unspecified atom stereocenters. The lowest BCUT2D eigenvalue weighted by Crippen LogP contribution is -2.20. The van der Waals surface area contributed by atoms with Crippen molar-refractivity contribution in [2.24, 2.45) is 11.3 Å². The summed E-state index contributed by atoms with van der Waals surface area (Å²) in [6.07, 6.45) is 2.13. The molecule has 0 bridgehead atoms. The predicted octanol–water partition coefficient (Wildman–Crippen LogP) is 0.960. The van der Waals surface area contributed by atoms with Gasteiger partial charge in [-0.05, 0) is 18.3 Å². The van der Waals surface area contributed by atoms with Crippen LogP contribution in [0.2, 0.25) is 0 Å². The first-order valence-corrected chi connectivity index (χ1v) is 3.39. The van der Waals surface area contributed by atoms with Gasteiger partial charge in [0.25, 0.3) is 0 Å². The van der Waals surface area contributed by atoms with E-state index in [-0.39, 0.29) is 11.9 Å². The Labute approximate surface area is 54.2 Å². The van der Waals surface area contributed by atoms with Crippen molar-refractivity contribution < 1.29 is 9.53 Å². The van der Waals surface area contributed by atoms with Gasteiger partial charge in [0.2, 0.25) is 0 Å². The summed E-state index contributed by atoms with van der Waals surface area (Å²) < 4.78 is 4.86. The van der Waals surface area contributed by atoms with Crippen molar-refractivity contribution in [3.8, 4) is 0 Å². The molecule has 0 aromatic carbocycles. The van der Waals surface area contributed by atoms with E-state index < -0.39 is 0 Å². The van der Waals surface area contributed by atoms with Crippen molar-refractivity contribution in [1.29, 1.82) is 0 Å². The minimum Gasteiger partial charge on any atom is -0.465 e. The molecule has 0 aromatic rings. The number of carbonyl (C=O) groups is 1. The number of ether oxygens (including phenoxy) is 1. The predicted molar refractivity (Wildman–Crippen MR) is 31.8 cm³/mol. The van der Waals surface area contributed by atoms with E-state index in [0.29, 0.717) is 12.0 Å². The van der Waals surface area contributed by atoms with Crippen molar-refractivity contribution in [3.05, 3.63) is 0 Å². The van der Waals surface area contributed by atoms with Gasteiger partial charge in [-0.2, -0.15) is 0 Å². The molecule has 1 aliphatic carbocycles. The van der Waals surface area contributed by atoms with Crippen molar-refractivity contribution >= 4 is 5.97 Å². The molecule has 50 valence electrons. The maximum atomic E-state index is 10.8. The quantitative estimate of drug-likeness (QED) is 0.452. The molecule has 1 heterocycles. The van der Waals surface area contributed by atoms with Gasteiger partial charge < -0.3 is 4.74 Å². The Hall–Kier alpha value is -0.530. The highest BCUT2D eigenvalue weighted by molar-refractivity contribution is 5.77. The Kier molecular flexibility index (Phi) is 0.765. The standard InChI is InChI=1S/C7H10O2/c1-7-2-3-9-6(8)5(7)4-7/h5H,2-4H2,1H3/t5-,7-/m0/s1. The first-order chi connectivity index (χ1) is 4.22. The van der Waals surface area contributed by atoms with E-state index in [2.05, 4.69) is 6.92 Å². The van der Waals surface area contributed by atoms with Gasteiger partial charge in [0.1, 0.15) is 0 Å². The number of esters is 1. The lowest BCUT2D eigenvalue weighted by atomic mass is 10.0. The molecule has 0 spiro atoms. The average Bonchev–Trinajstić information content (AvgIpc) is 2.43. The van der Waals surface area contributed by atoms with E-state index in [1.54, 1.807) is 0 Å². The van der Waals surface area contributed by atoms with Gasteiger partial charge in [0.05, 0.1) is 12.5 Å². The number of fused-ring (bicyclic) bond motifs is 1. The summed E-state index contributed by atoms with van der Waals surface area (Å²) in [6.45, 7) is 2.81. The summed E-state index contributed by atoms with van der Waals surface area (Å²) in [5.74, 6) is 0.287. The first-order valence-electron chi connectivity index (χ1n) is 3.39. The molecule has 2 fully saturated rings. The Morgan fingerprint density at radius 2 is 2.56 bits per heavy atom. The summed E-state index contributed by atoms with van der Waals surface area (Å²) in [6, 6.07) is 0. The number of hydrogen-bond donors (Lipinski definition) is 0. The van der Waals surface area contributed by atoms with Gasteiger partial charge in [-0.25, -0.2) is 0 Å². The molecule has 0 amide bonds. The first kappa shape index (κ1) is 5.27. The van der Waals surface area contributed by atoms with Crippen molar-refractivity contribution in [2.75, 3.05) is 6.61 Å². The molecule has 0 N–H and O–H groups in total. The zero-order valence-corrected chi connectivity index (χ0v) is 5.52. The second kappa shape index (κ2) is 1.31. The fourth-order valence-electron chi connectivity index (χ4n) is 1.54. The zero-order valence-electron chi connectivity index (χ0n) is 5.52. The van der Waals surface area contributed by atoms with Crippen LogP contribution in [0.25, 0.3) is 0 Å². The van der Waals surface area contributed by atoms with Crippen LogP contribution in [-0.4, -0.2) is 12.6 Å². The van der Waals surface area contributed by atoms with Crippen molar-refractivity contribution in [3.63, 3.8) is 0 Å². The van der Waals surface area contributed by atoms with Gasteiger partial charge in [-0.1, -0.05) is 6.92 Å². The van der Waals surface area contributed by atoms with Crippen LogP contribution in [0, 0.1) is 11.3 Å². The van der Waals surface area contributed by atoms with Crippen LogP contribution in [0.1, 0.15) is 19.8 Å². The Morgan fingerprint density at radius 3 is 3.11 bits per heavy atom. The molecule has 2 nitrogen and oxygen atoms in total. The zero-order chi connectivity index (χ0) is 6.48. The van der Waals surface area contributed by atoms with Gasteiger partial charge in [-0.3, -0.25) is 4.79 Å². The molecule has 1 saturated heterocycles. The molecule has 1 aliphatic heterocycles. The van der Waals surface area contributed by atoms with E-state index in [4.69, 9.17) is 4.74 Å². The van der Waals surface area contributed by atoms with Gasteiger partial charge in [0, 0.05) is 0 Å². The summed E-state index contributed by atoms with van der Waals surface area (Å²) in [5, 5.41) is 0. The molecule has 0 radical (unpaired) electrons. The van der Waals surface area contributed by atoms with E-state index in [1.165, 1.54) is 0 Å². The third-order valence-corrected chi connectivity index (χ3v) is 2.55. The van der Waals surface area contributed by atoms with Crippen LogP contribution in [0.15, 0.2) is 0 Å². The van der Waals surface area contributed by atoms with Gasteiger partial charge in [0.15, 0.2) is 0 Å². The van der Waals surface area contributed by atoms with Crippen LogP contribution >= 0.6 is 0 Å². The topological polar surface area (TPSA) is 26.3 Å². The molecule has 9 heavy (non-hydrogen) atoms. The fourth-order valence-corrected chi connectivity index (χ4v) is 1.54. The van der Waals surface area contributed by atoms with Crippen LogP contribution in [0.5, 0.6) is 0 Å². The van der Waals surface area contributed by atoms with Crippen molar-refractivity contribution in [2.45, 2.75) is 19.8 Å². The highest BCUT2D eigenvalue weighted by Crippen LogP contribution is 2.57. The molecule has 0 aromatic heterocycles. The Morgan fingerprint density at radius 1 is 1.78 bits per heavy atom.